The molecule has 0 bridgehead atoms. The third-order valence-electron chi connectivity index (χ3n) is 5.01. The molecular weight excluding hydrogens is 242 g/mol. The molecular formula is C15H27NO3. The topological polar surface area (TPSA) is 49.8 Å². The van der Waals surface area contributed by atoms with Gasteiger partial charge in [-0.15, -0.1) is 0 Å². The summed E-state index contributed by atoms with van der Waals surface area (Å²) in [5.41, 5.74) is -0.491. The van der Waals surface area contributed by atoms with Gasteiger partial charge in [0.05, 0.1) is 11.5 Å². The number of likely N-dealkylation sites (tertiary alicyclic amines) is 1. The Hall–Kier alpha value is -0.610. The number of ether oxygens (including phenoxy) is 1. The number of methoxy groups -OCH3 is 1. The number of hydrogen-bond acceptors (Lipinski definition) is 3. The van der Waals surface area contributed by atoms with Crippen molar-refractivity contribution in [1.29, 1.82) is 0 Å². The lowest BCUT2D eigenvalue weighted by molar-refractivity contribution is -0.148. The Kier molecular flexibility index (Phi) is 4.85. The van der Waals surface area contributed by atoms with E-state index in [-0.39, 0.29) is 0 Å². The molecule has 2 rings (SSSR count). The van der Waals surface area contributed by atoms with Crippen molar-refractivity contribution >= 4 is 5.97 Å². The zero-order chi connectivity index (χ0) is 13.9. The van der Waals surface area contributed by atoms with E-state index in [2.05, 4.69) is 11.8 Å². The molecule has 110 valence electrons. The molecule has 1 heterocycles. The molecule has 1 aliphatic heterocycles. The van der Waals surface area contributed by atoms with Crippen LogP contribution in [0.15, 0.2) is 0 Å². The van der Waals surface area contributed by atoms with Crippen LogP contribution >= 0.6 is 0 Å². The van der Waals surface area contributed by atoms with Crippen molar-refractivity contribution in [2.75, 3.05) is 20.2 Å². The van der Waals surface area contributed by atoms with E-state index in [0.29, 0.717) is 12.1 Å². The normalized spacial score (nSPS) is 36.5. The number of carbonyl (C=O) groups is 1. The summed E-state index contributed by atoms with van der Waals surface area (Å²) in [5, 5.41) is 9.56. The SMILES string of the molecule is CCCC1(C(=O)O)CCN(C2CCCC(OC)C2)C1. The summed E-state index contributed by atoms with van der Waals surface area (Å²) in [4.78, 5) is 14.0. The standard InChI is InChI=1S/C15H27NO3/c1-3-7-15(14(17)18)8-9-16(11-15)12-5-4-6-13(10-12)19-2/h12-13H,3-11H2,1-2H3,(H,17,18). The number of rotatable bonds is 5. The third-order valence-corrected chi connectivity index (χ3v) is 5.01. The summed E-state index contributed by atoms with van der Waals surface area (Å²) >= 11 is 0. The Bertz CT molecular complexity index is 321. The van der Waals surface area contributed by atoms with Gasteiger partial charge in [0.25, 0.3) is 0 Å². The Morgan fingerprint density at radius 1 is 1.47 bits per heavy atom. The van der Waals surface area contributed by atoms with Gasteiger partial charge in [-0.2, -0.15) is 0 Å². The van der Waals surface area contributed by atoms with E-state index in [0.717, 1.165) is 45.2 Å². The molecule has 1 N–H and O–H groups in total. The van der Waals surface area contributed by atoms with Crippen molar-refractivity contribution in [1.82, 2.24) is 4.90 Å². The van der Waals surface area contributed by atoms with Gasteiger partial charge in [0.1, 0.15) is 0 Å². The Morgan fingerprint density at radius 3 is 2.89 bits per heavy atom. The van der Waals surface area contributed by atoms with Crippen LogP contribution in [-0.2, 0) is 9.53 Å². The van der Waals surface area contributed by atoms with Crippen LogP contribution in [0, 0.1) is 5.41 Å². The van der Waals surface area contributed by atoms with Crippen LogP contribution in [0.5, 0.6) is 0 Å². The number of hydrogen-bond donors (Lipinski definition) is 1. The maximum Gasteiger partial charge on any atom is 0.310 e. The smallest absolute Gasteiger partial charge is 0.310 e. The van der Waals surface area contributed by atoms with Crippen molar-refractivity contribution in [3.63, 3.8) is 0 Å². The summed E-state index contributed by atoms with van der Waals surface area (Å²) in [6, 6.07) is 0.525. The van der Waals surface area contributed by atoms with E-state index in [1.165, 1.54) is 12.8 Å². The monoisotopic (exact) mass is 269 g/mol. The Labute approximate surface area is 116 Å². The summed E-state index contributed by atoms with van der Waals surface area (Å²) < 4.78 is 5.48. The van der Waals surface area contributed by atoms with Gasteiger partial charge in [-0.05, 0) is 45.1 Å². The number of carboxylic acid groups (broad SMARTS) is 1. The maximum absolute atomic E-state index is 11.6. The summed E-state index contributed by atoms with van der Waals surface area (Å²) in [6.07, 6.45) is 7.55. The molecule has 1 saturated carbocycles. The van der Waals surface area contributed by atoms with Gasteiger partial charge in [-0.25, -0.2) is 0 Å². The van der Waals surface area contributed by atoms with Gasteiger partial charge >= 0.3 is 5.97 Å². The van der Waals surface area contributed by atoms with Crippen molar-refractivity contribution < 1.29 is 14.6 Å². The highest BCUT2D eigenvalue weighted by molar-refractivity contribution is 5.75. The minimum absolute atomic E-state index is 0.366. The molecule has 19 heavy (non-hydrogen) atoms. The highest BCUT2D eigenvalue weighted by Gasteiger charge is 2.46. The molecule has 3 atom stereocenters. The van der Waals surface area contributed by atoms with Crippen LogP contribution in [0.25, 0.3) is 0 Å². The lowest BCUT2D eigenvalue weighted by Crippen LogP contribution is -2.42. The molecule has 0 radical (unpaired) electrons. The van der Waals surface area contributed by atoms with Gasteiger partial charge in [-0.1, -0.05) is 13.3 Å². The lowest BCUT2D eigenvalue weighted by atomic mass is 9.82. The molecule has 2 fully saturated rings. The van der Waals surface area contributed by atoms with E-state index >= 15 is 0 Å². The zero-order valence-electron chi connectivity index (χ0n) is 12.2. The average molecular weight is 269 g/mol. The number of nitrogens with zero attached hydrogens (tertiary/aromatic N) is 1. The third kappa shape index (κ3) is 3.11. The van der Waals surface area contributed by atoms with Crippen LogP contribution in [-0.4, -0.2) is 48.3 Å². The summed E-state index contributed by atoms with van der Waals surface area (Å²) in [5.74, 6) is -0.601. The first kappa shape index (κ1) is 14.8. The molecule has 0 aromatic carbocycles. The van der Waals surface area contributed by atoms with Crippen LogP contribution in [0.4, 0.5) is 0 Å². The van der Waals surface area contributed by atoms with Crippen molar-refractivity contribution in [3.8, 4) is 0 Å². The average Bonchev–Trinajstić information content (AvgIpc) is 2.85. The second-order valence-electron chi connectivity index (χ2n) is 6.23. The fourth-order valence-electron chi connectivity index (χ4n) is 3.85. The van der Waals surface area contributed by atoms with E-state index in [9.17, 15) is 9.90 Å². The van der Waals surface area contributed by atoms with E-state index in [1.54, 1.807) is 7.11 Å². The highest BCUT2D eigenvalue weighted by Crippen LogP contribution is 2.38. The fraction of sp³-hybridized carbons (Fsp3) is 0.933. The molecule has 3 unspecified atom stereocenters. The quantitative estimate of drug-likeness (QED) is 0.833. The molecule has 4 nitrogen and oxygen atoms in total. The van der Waals surface area contributed by atoms with Crippen molar-refractivity contribution in [2.45, 2.75) is 64.0 Å². The number of carboxylic acids is 1. The summed E-state index contributed by atoms with van der Waals surface area (Å²) in [7, 11) is 1.79. The minimum atomic E-state index is -0.601. The molecule has 0 spiro atoms. The first-order valence-corrected chi connectivity index (χ1v) is 7.61. The highest BCUT2D eigenvalue weighted by atomic mass is 16.5. The van der Waals surface area contributed by atoms with Gasteiger partial charge in [0, 0.05) is 19.7 Å². The molecule has 4 heteroatoms. The lowest BCUT2D eigenvalue weighted by Gasteiger charge is -2.35. The molecule has 1 aliphatic carbocycles. The van der Waals surface area contributed by atoms with Gasteiger partial charge < -0.3 is 9.84 Å². The van der Waals surface area contributed by atoms with E-state index < -0.39 is 11.4 Å². The Balaban J connectivity index is 1.98. The molecule has 0 amide bonds. The molecule has 0 aromatic rings. The Morgan fingerprint density at radius 2 is 2.26 bits per heavy atom. The fourth-order valence-corrected chi connectivity index (χ4v) is 3.85. The van der Waals surface area contributed by atoms with Crippen molar-refractivity contribution in [3.05, 3.63) is 0 Å². The second kappa shape index (κ2) is 6.23. The van der Waals surface area contributed by atoms with Gasteiger partial charge in [0.2, 0.25) is 0 Å². The van der Waals surface area contributed by atoms with Crippen LogP contribution in [0.3, 0.4) is 0 Å². The molecule has 2 aliphatic rings. The van der Waals surface area contributed by atoms with Crippen LogP contribution in [0.1, 0.15) is 51.9 Å². The predicted octanol–water partition coefficient (Wildman–Crippen LogP) is 2.52. The van der Waals surface area contributed by atoms with Crippen molar-refractivity contribution in [2.24, 2.45) is 5.41 Å². The number of aliphatic carboxylic acids is 1. The van der Waals surface area contributed by atoms with Crippen LogP contribution < -0.4 is 0 Å². The summed E-state index contributed by atoms with van der Waals surface area (Å²) in [6.45, 7) is 3.75. The molecule has 1 saturated heterocycles. The van der Waals surface area contributed by atoms with E-state index in [4.69, 9.17) is 4.74 Å². The van der Waals surface area contributed by atoms with Gasteiger partial charge in [0.15, 0.2) is 0 Å². The van der Waals surface area contributed by atoms with Crippen LogP contribution in [0.2, 0.25) is 0 Å². The predicted molar refractivity (Wildman–Crippen MR) is 74.2 cm³/mol. The molecule has 0 aromatic heterocycles. The first-order valence-electron chi connectivity index (χ1n) is 7.61. The largest absolute Gasteiger partial charge is 0.481 e. The maximum atomic E-state index is 11.6. The zero-order valence-corrected chi connectivity index (χ0v) is 12.2. The first-order chi connectivity index (χ1) is 9.11. The minimum Gasteiger partial charge on any atom is -0.481 e. The van der Waals surface area contributed by atoms with Gasteiger partial charge in [-0.3, -0.25) is 9.69 Å². The van der Waals surface area contributed by atoms with E-state index in [1.807, 2.05) is 0 Å². The second-order valence-corrected chi connectivity index (χ2v) is 6.23.